The number of allylic oxidation sites excluding steroid dienone is 1. The second-order valence-electron chi connectivity index (χ2n) is 11.0. The molecule has 1 saturated heterocycles. The van der Waals surface area contributed by atoms with Gasteiger partial charge in [0.1, 0.15) is 0 Å². The van der Waals surface area contributed by atoms with Gasteiger partial charge in [0, 0.05) is 46.5 Å². The van der Waals surface area contributed by atoms with E-state index in [4.69, 9.17) is 16.6 Å². The number of fused-ring (bicyclic) bond motifs is 2. The number of likely N-dealkylation sites (N-methyl/N-ethyl adjacent to an activating group) is 1. The molecule has 0 radical (unpaired) electrons. The number of nitrogens with one attached hydrogen (secondary N) is 1. The Labute approximate surface area is 250 Å². The average molecular weight is 581 g/mol. The fourth-order valence-corrected chi connectivity index (χ4v) is 7.14. The number of halogens is 1. The van der Waals surface area contributed by atoms with Gasteiger partial charge in [-0.1, -0.05) is 54.1 Å². The minimum atomic E-state index is -0.0967. The van der Waals surface area contributed by atoms with Crippen LogP contribution in [0.15, 0.2) is 88.9 Å². The van der Waals surface area contributed by atoms with Crippen LogP contribution in [0, 0.1) is 0 Å². The number of benzene rings is 3. The van der Waals surface area contributed by atoms with Crippen LogP contribution in [0.2, 0.25) is 5.02 Å². The number of aromatic nitrogens is 1. The summed E-state index contributed by atoms with van der Waals surface area (Å²) < 4.78 is 0. The van der Waals surface area contributed by atoms with E-state index in [1.807, 2.05) is 60.8 Å². The summed E-state index contributed by atoms with van der Waals surface area (Å²) in [6, 6.07) is 22.2. The summed E-state index contributed by atoms with van der Waals surface area (Å²) in [5.74, 6) is -0.0538. The van der Waals surface area contributed by atoms with Crippen molar-refractivity contribution in [3.63, 3.8) is 0 Å². The van der Waals surface area contributed by atoms with Gasteiger partial charge < -0.3 is 9.88 Å². The van der Waals surface area contributed by atoms with Crippen molar-refractivity contribution in [3.8, 4) is 0 Å². The van der Waals surface area contributed by atoms with Gasteiger partial charge in [0.05, 0.1) is 16.1 Å². The Bertz CT molecular complexity index is 1730. The van der Waals surface area contributed by atoms with E-state index in [1.54, 1.807) is 4.90 Å². The Morgan fingerprint density at radius 3 is 2.61 bits per heavy atom. The Kier molecular flexibility index (Phi) is 7.30. The molecule has 0 bridgehead atoms. The zero-order valence-electron chi connectivity index (χ0n) is 23.7. The van der Waals surface area contributed by atoms with Gasteiger partial charge >= 0.3 is 0 Å². The number of H-pyrrole nitrogens is 1. The molecule has 0 unspecified atom stereocenters. The van der Waals surface area contributed by atoms with Crippen LogP contribution in [-0.2, 0) is 11.2 Å². The first-order valence-electron chi connectivity index (χ1n) is 14.0. The van der Waals surface area contributed by atoms with Crippen molar-refractivity contribution in [1.29, 1.82) is 0 Å². The fourth-order valence-electron chi connectivity index (χ4n) is 5.92. The Morgan fingerprint density at radius 1 is 1.07 bits per heavy atom. The summed E-state index contributed by atoms with van der Waals surface area (Å²) in [5, 5.41) is 2.49. The molecule has 3 aromatic carbocycles. The van der Waals surface area contributed by atoms with E-state index >= 15 is 0 Å². The zero-order chi connectivity index (χ0) is 28.7. The molecular weight excluding hydrogens is 548 g/mol. The monoisotopic (exact) mass is 580 g/mol. The summed E-state index contributed by atoms with van der Waals surface area (Å²) in [6.07, 6.45) is 6.97. The van der Waals surface area contributed by atoms with Crippen molar-refractivity contribution < 1.29 is 4.79 Å². The fraction of sp³-hybridized carbons (Fsp3) is 0.235. The predicted octanol–water partition coefficient (Wildman–Crippen LogP) is 8.69. The van der Waals surface area contributed by atoms with Crippen LogP contribution < -0.4 is 4.90 Å². The van der Waals surface area contributed by atoms with E-state index in [9.17, 15) is 4.79 Å². The number of carbonyl (C=O) groups is 1. The molecule has 6 rings (SSSR count). The minimum absolute atomic E-state index is 0.0538. The molecule has 1 N–H and O–H groups in total. The van der Waals surface area contributed by atoms with Gasteiger partial charge in [-0.05, 0) is 99.0 Å². The maximum Gasteiger partial charge on any atom is 0.266 e. The first-order valence-corrected chi connectivity index (χ1v) is 15.2. The summed E-state index contributed by atoms with van der Waals surface area (Å²) in [7, 11) is 0. The summed E-state index contributed by atoms with van der Waals surface area (Å²) in [4.78, 5) is 26.9. The lowest BCUT2D eigenvalue weighted by atomic mass is 9.88. The molecule has 2 aliphatic rings. The highest BCUT2D eigenvalue weighted by molar-refractivity contribution is 8.18. The van der Waals surface area contributed by atoms with Crippen molar-refractivity contribution in [2.75, 3.05) is 18.0 Å². The molecule has 1 amide bonds. The van der Waals surface area contributed by atoms with Crippen LogP contribution in [0.1, 0.15) is 44.4 Å². The molecule has 3 heterocycles. The predicted molar refractivity (Wildman–Crippen MR) is 175 cm³/mol. The molecule has 0 aliphatic carbocycles. The highest BCUT2D eigenvalue weighted by Gasteiger charge is 2.34. The van der Waals surface area contributed by atoms with Crippen molar-refractivity contribution in [3.05, 3.63) is 106 Å². The van der Waals surface area contributed by atoms with Crippen LogP contribution in [0.3, 0.4) is 0 Å². The number of hydrogen-bond acceptors (Lipinski definition) is 4. The van der Waals surface area contributed by atoms with Crippen LogP contribution in [0.25, 0.3) is 22.6 Å². The molecular formula is C34H33ClN4OS. The number of thioether (sulfide) groups is 1. The number of amides is 1. The third kappa shape index (κ3) is 5.22. The van der Waals surface area contributed by atoms with Gasteiger partial charge in [0.2, 0.25) is 0 Å². The van der Waals surface area contributed by atoms with Gasteiger partial charge in [-0.15, -0.1) is 0 Å². The third-order valence-corrected chi connectivity index (χ3v) is 9.18. The number of carbonyl (C=O) groups excluding carboxylic acids is 1. The first-order chi connectivity index (χ1) is 19.7. The number of aliphatic imine (C=N–C) groups is 1. The number of para-hydroxylation sites is 2. The van der Waals surface area contributed by atoms with Crippen LogP contribution >= 0.6 is 23.4 Å². The lowest BCUT2D eigenvalue weighted by molar-refractivity contribution is -0.122. The normalized spacial score (nSPS) is 18.5. The number of amidine groups is 1. The van der Waals surface area contributed by atoms with E-state index in [1.165, 1.54) is 28.3 Å². The number of nitrogens with zero attached hydrogens (tertiary/aromatic N) is 3. The van der Waals surface area contributed by atoms with Gasteiger partial charge in [-0.2, -0.15) is 0 Å². The standard InChI is InChI=1S/C34H33ClN4OS/c1-5-39-30-19-28(35)24(17-27(30)22(2)20-34(39,3)4)18-31-32(40)38(33(41-31)37-25-11-7-6-8-12-25)16-15-23-21-36-29-14-10-9-13-26(23)29/h6-14,17-21,36H,5,15-16H2,1-4H3/b31-18+,37-33?. The number of aromatic amines is 1. The minimum Gasteiger partial charge on any atom is -0.363 e. The van der Waals surface area contributed by atoms with Crippen LogP contribution in [-0.4, -0.2) is 39.6 Å². The topological polar surface area (TPSA) is 51.7 Å². The van der Waals surface area contributed by atoms with Crippen LogP contribution in [0.5, 0.6) is 0 Å². The van der Waals surface area contributed by atoms with E-state index in [-0.39, 0.29) is 11.4 Å². The Morgan fingerprint density at radius 2 is 1.83 bits per heavy atom. The summed E-state index contributed by atoms with van der Waals surface area (Å²) in [6.45, 7) is 10.1. The maximum atomic E-state index is 13.9. The molecule has 5 nitrogen and oxygen atoms in total. The first kappa shape index (κ1) is 27.4. The molecule has 0 atom stereocenters. The van der Waals surface area contributed by atoms with Gasteiger partial charge in [0.15, 0.2) is 5.17 Å². The molecule has 1 aromatic heterocycles. The second kappa shape index (κ2) is 10.9. The number of rotatable bonds is 6. The quantitative estimate of drug-likeness (QED) is 0.232. The van der Waals surface area contributed by atoms with E-state index in [2.05, 4.69) is 61.9 Å². The maximum absolute atomic E-state index is 13.9. The highest BCUT2D eigenvalue weighted by atomic mass is 35.5. The number of hydrogen-bond donors (Lipinski definition) is 1. The smallest absolute Gasteiger partial charge is 0.266 e. The van der Waals surface area contributed by atoms with Crippen molar-refractivity contribution in [2.24, 2.45) is 4.99 Å². The molecule has 2 aliphatic heterocycles. The lowest BCUT2D eigenvalue weighted by Gasteiger charge is -2.43. The molecule has 208 valence electrons. The summed E-state index contributed by atoms with van der Waals surface area (Å²) >= 11 is 8.28. The molecule has 41 heavy (non-hydrogen) atoms. The lowest BCUT2D eigenvalue weighted by Crippen LogP contribution is -2.44. The molecule has 1 fully saturated rings. The Hall–Kier alpha value is -3.74. The third-order valence-electron chi connectivity index (χ3n) is 7.85. The number of anilines is 1. The SMILES string of the molecule is CCN1c2cc(Cl)c(/C=C3/SC(=Nc4ccccc4)N(CCc4c[nH]c5ccccc45)C3=O)cc2C(C)=CC1(C)C. The molecule has 4 aromatic rings. The van der Waals surface area contributed by atoms with Gasteiger partial charge in [0.25, 0.3) is 5.91 Å². The summed E-state index contributed by atoms with van der Waals surface area (Å²) in [5.41, 5.74) is 7.31. The zero-order valence-corrected chi connectivity index (χ0v) is 25.3. The largest absolute Gasteiger partial charge is 0.363 e. The highest BCUT2D eigenvalue weighted by Crippen LogP contribution is 2.43. The van der Waals surface area contributed by atoms with Gasteiger partial charge in [-0.25, -0.2) is 4.99 Å². The molecule has 0 saturated carbocycles. The second-order valence-corrected chi connectivity index (χ2v) is 12.4. The van der Waals surface area contributed by atoms with E-state index in [0.717, 1.165) is 34.6 Å². The van der Waals surface area contributed by atoms with Crippen molar-refractivity contribution in [1.82, 2.24) is 9.88 Å². The molecule has 0 spiro atoms. The molecule has 7 heteroatoms. The average Bonchev–Trinajstić information content (AvgIpc) is 3.49. The van der Waals surface area contributed by atoms with Crippen molar-refractivity contribution in [2.45, 2.75) is 39.7 Å². The van der Waals surface area contributed by atoms with Gasteiger partial charge in [-0.3, -0.25) is 9.69 Å². The van der Waals surface area contributed by atoms with Crippen LogP contribution in [0.4, 0.5) is 11.4 Å². The Balaban J connectivity index is 1.35. The van der Waals surface area contributed by atoms with Crippen molar-refractivity contribution >= 4 is 68.4 Å². The van der Waals surface area contributed by atoms with E-state index < -0.39 is 0 Å². The van der Waals surface area contributed by atoms with E-state index in [0.29, 0.717) is 28.1 Å².